The standard InChI is InChI=1S/C20H25N3O2/c1-15-6-8-16(9-7-15)19-12-18(25-21-19)14-22-10-2-4-17(13-22)23-11-3-5-20(23)24/h6-9,12,17H,2-5,10-11,13-14H2,1H3/t17-/m0/s1. The molecule has 4 rings (SSSR count). The third-order valence-electron chi connectivity index (χ3n) is 5.32. The first-order valence-electron chi connectivity index (χ1n) is 9.23. The van der Waals surface area contributed by atoms with Crippen LogP contribution in [0.3, 0.4) is 0 Å². The highest BCUT2D eigenvalue weighted by atomic mass is 16.5. The summed E-state index contributed by atoms with van der Waals surface area (Å²) >= 11 is 0. The monoisotopic (exact) mass is 339 g/mol. The molecular formula is C20H25N3O2. The zero-order chi connectivity index (χ0) is 17.2. The van der Waals surface area contributed by atoms with Crippen molar-refractivity contribution in [2.75, 3.05) is 19.6 Å². The molecule has 0 aliphatic carbocycles. The van der Waals surface area contributed by atoms with Crippen molar-refractivity contribution in [1.29, 1.82) is 0 Å². The molecule has 0 bridgehead atoms. The van der Waals surface area contributed by atoms with E-state index in [0.717, 1.165) is 68.9 Å². The smallest absolute Gasteiger partial charge is 0.222 e. The van der Waals surface area contributed by atoms with E-state index < -0.39 is 0 Å². The van der Waals surface area contributed by atoms with Crippen LogP contribution in [0.15, 0.2) is 34.9 Å². The molecule has 2 aliphatic rings. The van der Waals surface area contributed by atoms with E-state index in [2.05, 4.69) is 46.1 Å². The van der Waals surface area contributed by atoms with Crippen molar-refractivity contribution in [2.45, 2.75) is 45.2 Å². The summed E-state index contributed by atoms with van der Waals surface area (Å²) in [5.74, 6) is 1.22. The third kappa shape index (κ3) is 3.61. The van der Waals surface area contributed by atoms with Gasteiger partial charge in [0.15, 0.2) is 5.76 Å². The fraction of sp³-hybridized carbons (Fsp3) is 0.500. The second kappa shape index (κ2) is 7.00. The van der Waals surface area contributed by atoms with E-state index in [1.165, 1.54) is 5.56 Å². The van der Waals surface area contributed by atoms with Gasteiger partial charge in [0.2, 0.25) is 5.91 Å². The van der Waals surface area contributed by atoms with Gasteiger partial charge in [-0.1, -0.05) is 35.0 Å². The number of carbonyl (C=O) groups excluding carboxylic acids is 1. The van der Waals surface area contributed by atoms with Gasteiger partial charge >= 0.3 is 0 Å². The number of nitrogens with zero attached hydrogens (tertiary/aromatic N) is 3. The number of hydrogen-bond acceptors (Lipinski definition) is 4. The molecule has 25 heavy (non-hydrogen) atoms. The Labute approximate surface area is 148 Å². The van der Waals surface area contributed by atoms with Crippen molar-refractivity contribution in [1.82, 2.24) is 15.0 Å². The lowest BCUT2D eigenvalue weighted by atomic mass is 10.0. The summed E-state index contributed by atoms with van der Waals surface area (Å²) in [6.45, 7) is 5.76. The number of aromatic nitrogens is 1. The van der Waals surface area contributed by atoms with Crippen LogP contribution in [0.4, 0.5) is 0 Å². The van der Waals surface area contributed by atoms with E-state index in [1.54, 1.807) is 0 Å². The Balaban J connectivity index is 1.40. The Kier molecular flexibility index (Phi) is 4.57. The zero-order valence-electron chi connectivity index (χ0n) is 14.8. The highest BCUT2D eigenvalue weighted by Crippen LogP contribution is 2.24. The minimum absolute atomic E-state index is 0.327. The molecule has 2 aromatic rings. The van der Waals surface area contributed by atoms with Crippen molar-refractivity contribution >= 4 is 5.91 Å². The molecule has 0 saturated carbocycles. The summed E-state index contributed by atoms with van der Waals surface area (Å²) in [5, 5.41) is 4.22. The molecule has 1 aromatic carbocycles. The first-order valence-corrected chi connectivity index (χ1v) is 9.23. The summed E-state index contributed by atoms with van der Waals surface area (Å²) in [4.78, 5) is 16.5. The molecule has 1 atom stereocenters. The van der Waals surface area contributed by atoms with Crippen LogP contribution in [0.1, 0.15) is 37.0 Å². The fourth-order valence-corrected chi connectivity index (χ4v) is 3.95. The van der Waals surface area contributed by atoms with Gasteiger partial charge in [0.1, 0.15) is 5.69 Å². The van der Waals surface area contributed by atoms with Crippen LogP contribution >= 0.6 is 0 Å². The number of rotatable bonds is 4. The molecule has 132 valence electrons. The lowest BCUT2D eigenvalue weighted by molar-refractivity contribution is -0.130. The SMILES string of the molecule is Cc1ccc(-c2cc(CN3CCC[C@H](N4CCCC4=O)C3)on2)cc1. The Hall–Kier alpha value is -2.14. The molecule has 5 nitrogen and oxygen atoms in total. The zero-order valence-corrected chi connectivity index (χ0v) is 14.8. The van der Waals surface area contributed by atoms with Gasteiger partial charge in [0, 0.05) is 37.2 Å². The highest BCUT2D eigenvalue weighted by Gasteiger charge is 2.31. The van der Waals surface area contributed by atoms with Crippen molar-refractivity contribution in [3.05, 3.63) is 41.7 Å². The van der Waals surface area contributed by atoms with E-state index in [-0.39, 0.29) is 0 Å². The second-order valence-corrected chi connectivity index (χ2v) is 7.27. The number of benzene rings is 1. The second-order valence-electron chi connectivity index (χ2n) is 7.27. The minimum Gasteiger partial charge on any atom is -0.359 e. The summed E-state index contributed by atoms with van der Waals surface area (Å²) in [6.07, 6.45) is 3.98. The molecule has 0 unspecified atom stereocenters. The normalized spacial score (nSPS) is 21.9. The predicted molar refractivity (Wildman–Crippen MR) is 95.9 cm³/mol. The molecule has 1 amide bonds. The van der Waals surface area contributed by atoms with Gasteiger partial charge in [-0.25, -0.2) is 0 Å². The molecular weight excluding hydrogens is 314 g/mol. The maximum Gasteiger partial charge on any atom is 0.222 e. The lowest BCUT2D eigenvalue weighted by Gasteiger charge is -2.37. The van der Waals surface area contributed by atoms with Gasteiger partial charge < -0.3 is 9.42 Å². The van der Waals surface area contributed by atoms with Crippen LogP contribution in [-0.4, -0.2) is 46.5 Å². The van der Waals surface area contributed by atoms with Crippen LogP contribution in [0.5, 0.6) is 0 Å². The lowest BCUT2D eigenvalue weighted by Crippen LogP contribution is -2.48. The Morgan fingerprint density at radius 1 is 1.20 bits per heavy atom. The van der Waals surface area contributed by atoms with Crippen LogP contribution in [0.25, 0.3) is 11.3 Å². The van der Waals surface area contributed by atoms with Crippen LogP contribution < -0.4 is 0 Å². The van der Waals surface area contributed by atoms with Gasteiger partial charge in [-0.05, 0) is 32.7 Å². The van der Waals surface area contributed by atoms with Crippen LogP contribution in [0.2, 0.25) is 0 Å². The number of hydrogen-bond donors (Lipinski definition) is 0. The van der Waals surface area contributed by atoms with Gasteiger partial charge in [0.05, 0.1) is 6.54 Å². The fourth-order valence-electron chi connectivity index (χ4n) is 3.95. The minimum atomic E-state index is 0.327. The van der Waals surface area contributed by atoms with Crippen LogP contribution in [0, 0.1) is 6.92 Å². The average Bonchev–Trinajstić information content (AvgIpc) is 3.25. The number of amides is 1. The largest absolute Gasteiger partial charge is 0.359 e. The molecule has 1 aromatic heterocycles. The van der Waals surface area contributed by atoms with Crippen molar-refractivity contribution < 1.29 is 9.32 Å². The van der Waals surface area contributed by atoms with Crippen molar-refractivity contribution in [2.24, 2.45) is 0 Å². The highest BCUT2D eigenvalue weighted by molar-refractivity contribution is 5.78. The number of piperidine rings is 1. The molecule has 2 aliphatic heterocycles. The van der Waals surface area contributed by atoms with E-state index in [0.29, 0.717) is 11.9 Å². The Bertz CT molecular complexity index is 738. The molecule has 0 spiro atoms. The van der Waals surface area contributed by atoms with Crippen LogP contribution in [-0.2, 0) is 11.3 Å². The van der Waals surface area contributed by atoms with E-state index in [9.17, 15) is 4.79 Å². The molecule has 3 heterocycles. The quantitative estimate of drug-likeness (QED) is 0.858. The Morgan fingerprint density at radius 3 is 2.80 bits per heavy atom. The average molecular weight is 339 g/mol. The van der Waals surface area contributed by atoms with Gasteiger partial charge in [0.25, 0.3) is 0 Å². The third-order valence-corrected chi connectivity index (χ3v) is 5.32. The molecule has 0 N–H and O–H groups in total. The number of carbonyl (C=O) groups is 1. The Morgan fingerprint density at radius 2 is 2.04 bits per heavy atom. The summed E-state index contributed by atoms with van der Waals surface area (Å²) in [5.41, 5.74) is 3.21. The van der Waals surface area contributed by atoms with E-state index in [1.807, 2.05) is 6.07 Å². The molecule has 0 radical (unpaired) electrons. The number of likely N-dealkylation sites (tertiary alicyclic amines) is 2. The van der Waals surface area contributed by atoms with Gasteiger partial charge in [-0.2, -0.15) is 0 Å². The summed E-state index contributed by atoms with van der Waals surface area (Å²) in [7, 11) is 0. The molecule has 2 saturated heterocycles. The van der Waals surface area contributed by atoms with Gasteiger partial charge in [-0.3, -0.25) is 9.69 Å². The van der Waals surface area contributed by atoms with Crippen molar-refractivity contribution in [3.8, 4) is 11.3 Å². The maximum absolute atomic E-state index is 12.0. The predicted octanol–water partition coefficient (Wildman–Crippen LogP) is 3.24. The van der Waals surface area contributed by atoms with Crippen molar-refractivity contribution in [3.63, 3.8) is 0 Å². The maximum atomic E-state index is 12.0. The first-order chi connectivity index (χ1) is 12.2. The topological polar surface area (TPSA) is 49.6 Å². The van der Waals surface area contributed by atoms with Gasteiger partial charge in [-0.15, -0.1) is 0 Å². The van der Waals surface area contributed by atoms with E-state index >= 15 is 0 Å². The number of aryl methyl sites for hydroxylation is 1. The first kappa shape index (κ1) is 16.3. The summed E-state index contributed by atoms with van der Waals surface area (Å²) < 4.78 is 5.56. The van der Waals surface area contributed by atoms with E-state index in [4.69, 9.17) is 4.52 Å². The molecule has 5 heteroatoms. The molecule has 2 fully saturated rings. The summed E-state index contributed by atoms with van der Waals surface area (Å²) in [6, 6.07) is 10.7.